The largest absolute Gasteiger partial charge is 0.326 e. The highest BCUT2D eigenvalue weighted by Crippen LogP contribution is 2.21. The summed E-state index contributed by atoms with van der Waals surface area (Å²) in [6, 6.07) is 10.9. The Hall–Kier alpha value is -2.41. The Morgan fingerprint density at radius 3 is 2.50 bits per heavy atom. The number of benzene rings is 2. The maximum absolute atomic E-state index is 13.6. The molecule has 2 rings (SSSR count). The van der Waals surface area contributed by atoms with Gasteiger partial charge in [-0.15, -0.1) is 0 Å². The van der Waals surface area contributed by atoms with E-state index in [4.69, 9.17) is 0 Å². The fourth-order valence-electron chi connectivity index (χ4n) is 2.12. The minimum atomic E-state index is -3.36. The lowest BCUT2D eigenvalue weighted by Gasteiger charge is -2.12. The second-order valence-electron chi connectivity index (χ2n) is 5.35. The Balaban J connectivity index is 2.07. The first-order valence-corrected chi connectivity index (χ1v) is 9.10. The van der Waals surface area contributed by atoms with Crippen LogP contribution in [0.5, 0.6) is 0 Å². The summed E-state index contributed by atoms with van der Waals surface area (Å²) in [6.45, 7) is 3.29. The van der Waals surface area contributed by atoms with Crippen LogP contribution in [0.3, 0.4) is 0 Å². The maximum atomic E-state index is 13.6. The first kappa shape index (κ1) is 17.9. The van der Waals surface area contributed by atoms with Crippen LogP contribution < -0.4 is 10.0 Å². The summed E-state index contributed by atoms with van der Waals surface area (Å²) in [5.41, 5.74) is 1.98. The summed E-state index contributed by atoms with van der Waals surface area (Å²) >= 11 is 0. The average molecular weight is 350 g/mol. The smallest absolute Gasteiger partial charge is 0.232 e. The third-order valence-electron chi connectivity index (χ3n) is 3.46. The Kier molecular flexibility index (Phi) is 5.56. The van der Waals surface area contributed by atoms with E-state index in [0.717, 1.165) is 0 Å². The van der Waals surface area contributed by atoms with Gasteiger partial charge in [-0.05, 0) is 49.2 Å². The summed E-state index contributed by atoms with van der Waals surface area (Å²) in [7, 11) is -3.36. The highest BCUT2D eigenvalue weighted by Gasteiger charge is 2.11. The molecule has 0 saturated heterocycles. The predicted octanol–water partition coefficient (Wildman–Crippen LogP) is 3.08. The van der Waals surface area contributed by atoms with Crippen molar-refractivity contribution < 1.29 is 17.6 Å². The van der Waals surface area contributed by atoms with Gasteiger partial charge in [0.25, 0.3) is 0 Å². The topological polar surface area (TPSA) is 75.3 Å². The van der Waals surface area contributed by atoms with E-state index in [1.165, 1.54) is 6.07 Å². The summed E-state index contributed by atoms with van der Waals surface area (Å²) in [5, 5.41) is 2.68. The van der Waals surface area contributed by atoms with Gasteiger partial charge in [0.05, 0.1) is 17.9 Å². The summed E-state index contributed by atoms with van der Waals surface area (Å²) in [6.07, 6.45) is -0.0735. The molecular weight excluding hydrogens is 331 g/mol. The number of amides is 1. The van der Waals surface area contributed by atoms with Gasteiger partial charge in [0.1, 0.15) is 5.82 Å². The fraction of sp³-hybridized carbons (Fsp3) is 0.235. The number of nitrogens with one attached hydrogen (secondary N) is 2. The van der Waals surface area contributed by atoms with E-state index in [2.05, 4.69) is 10.0 Å². The maximum Gasteiger partial charge on any atom is 0.232 e. The van der Waals surface area contributed by atoms with Gasteiger partial charge in [0.15, 0.2) is 0 Å². The number of hydrogen-bond donors (Lipinski definition) is 2. The van der Waals surface area contributed by atoms with Crippen LogP contribution in [-0.4, -0.2) is 20.1 Å². The fourth-order valence-corrected chi connectivity index (χ4v) is 2.82. The number of carbonyl (C=O) groups is 1. The van der Waals surface area contributed by atoms with E-state index in [-0.39, 0.29) is 18.1 Å². The van der Waals surface area contributed by atoms with Gasteiger partial charge in [0, 0.05) is 5.69 Å². The minimum absolute atomic E-state index is 0.0203. The molecule has 7 heteroatoms. The van der Waals surface area contributed by atoms with Crippen molar-refractivity contribution in [1.29, 1.82) is 0 Å². The van der Waals surface area contributed by atoms with E-state index in [1.54, 1.807) is 50.2 Å². The molecule has 0 saturated carbocycles. The number of aryl methyl sites for hydroxylation is 1. The molecule has 0 unspecified atom stereocenters. The molecular formula is C17H19FN2O3S. The average Bonchev–Trinajstić information content (AvgIpc) is 2.52. The SMILES string of the molecule is CCS(=O)(=O)Nc1ccc(NC(=O)Cc2ccccc2F)cc1C. The van der Waals surface area contributed by atoms with Crippen LogP contribution >= 0.6 is 0 Å². The van der Waals surface area contributed by atoms with Gasteiger partial charge < -0.3 is 5.32 Å². The zero-order valence-electron chi connectivity index (χ0n) is 13.5. The van der Waals surface area contributed by atoms with Gasteiger partial charge in [-0.2, -0.15) is 0 Å². The first-order chi connectivity index (χ1) is 11.3. The van der Waals surface area contributed by atoms with Crippen LogP contribution in [-0.2, 0) is 21.2 Å². The van der Waals surface area contributed by atoms with E-state index in [1.807, 2.05) is 0 Å². The van der Waals surface area contributed by atoms with Gasteiger partial charge in [-0.3, -0.25) is 9.52 Å². The minimum Gasteiger partial charge on any atom is -0.326 e. The van der Waals surface area contributed by atoms with Crippen molar-refractivity contribution >= 4 is 27.3 Å². The van der Waals surface area contributed by atoms with Crippen LogP contribution in [0.1, 0.15) is 18.1 Å². The third-order valence-corrected chi connectivity index (χ3v) is 4.76. The summed E-state index contributed by atoms with van der Waals surface area (Å²) in [5.74, 6) is -0.789. The van der Waals surface area contributed by atoms with Gasteiger partial charge in [-0.1, -0.05) is 18.2 Å². The highest BCUT2D eigenvalue weighted by molar-refractivity contribution is 7.92. The molecule has 0 aliphatic carbocycles. The van der Waals surface area contributed by atoms with Crippen LogP contribution in [0.15, 0.2) is 42.5 Å². The summed E-state index contributed by atoms with van der Waals surface area (Å²) < 4.78 is 39.2. The molecule has 2 N–H and O–H groups in total. The Morgan fingerprint density at radius 2 is 1.88 bits per heavy atom. The van der Waals surface area contributed by atoms with Crippen LogP contribution in [0.25, 0.3) is 0 Å². The van der Waals surface area contributed by atoms with Crippen LogP contribution in [0, 0.1) is 12.7 Å². The second-order valence-corrected chi connectivity index (χ2v) is 7.36. The zero-order chi connectivity index (χ0) is 17.7. The summed E-state index contributed by atoms with van der Waals surface area (Å²) in [4.78, 5) is 12.0. The highest BCUT2D eigenvalue weighted by atomic mass is 32.2. The van der Waals surface area contributed by atoms with Crippen molar-refractivity contribution in [3.8, 4) is 0 Å². The number of halogens is 1. The molecule has 5 nitrogen and oxygen atoms in total. The Labute approximate surface area is 141 Å². The van der Waals surface area contributed by atoms with Gasteiger partial charge in [-0.25, -0.2) is 12.8 Å². The number of anilines is 2. The van der Waals surface area contributed by atoms with E-state index >= 15 is 0 Å². The molecule has 0 fully saturated rings. The second kappa shape index (κ2) is 7.44. The molecule has 0 atom stereocenters. The Bertz CT molecular complexity index is 851. The van der Waals surface area contributed by atoms with Crippen LogP contribution in [0.2, 0.25) is 0 Å². The van der Waals surface area contributed by atoms with Gasteiger partial charge >= 0.3 is 0 Å². The normalized spacial score (nSPS) is 11.1. The molecule has 2 aromatic rings. The number of rotatable bonds is 6. The van der Waals surface area contributed by atoms with E-state index < -0.39 is 15.8 Å². The molecule has 0 spiro atoms. The predicted molar refractivity (Wildman–Crippen MR) is 93.0 cm³/mol. The Morgan fingerprint density at radius 1 is 1.17 bits per heavy atom. The van der Waals surface area contributed by atoms with Crippen molar-refractivity contribution in [3.05, 3.63) is 59.4 Å². The molecule has 0 heterocycles. The zero-order valence-corrected chi connectivity index (χ0v) is 14.3. The lowest BCUT2D eigenvalue weighted by Crippen LogP contribution is -2.17. The quantitative estimate of drug-likeness (QED) is 0.841. The molecule has 24 heavy (non-hydrogen) atoms. The monoisotopic (exact) mass is 350 g/mol. The van der Waals surface area contributed by atoms with Crippen molar-refractivity contribution in [2.45, 2.75) is 20.3 Å². The van der Waals surface area contributed by atoms with Gasteiger partial charge in [0.2, 0.25) is 15.9 Å². The standard InChI is InChI=1S/C17H19FN2O3S/c1-3-24(22,23)20-16-9-8-14(10-12(16)2)19-17(21)11-13-6-4-5-7-15(13)18/h4-10,20H,3,11H2,1-2H3,(H,19,21). The molecule has 2 aromatic carbocycles. The number of hydrogen-bond acceptors (Lipinski definition) is 3. The lowest BCUT2D eigenvalue weighted by atomic mass is 10.1. The lowest BCUT2D eigenvalue weighted by molar-refractivity contribution is -0.115. The van der Waals surface area contributed by atoms with Crippen molar-refractivity contribution in [2.24, 2.45) is 0 Å². The molecule has 0 aromatic heterocycles. The molecule has 0 aliphatic heterocycles. The molecule has 0 bridgehead atoms. The van der Waals surface area contributed by atoms with Crippen molar-refractivity contribution in [1.82, 2.24) is 0 Å². The first-order valence-electron chi connectivity index (χ1n) is 7.45. The number of sulfonamides is 1. The van der Waals surface area contributed by atoms with E-state index in [0.29, 0.717) is 22.5 Å². The van der Waals surface area contributed by atoms with Crippen molar-refractivity contribution in [3.63, 3.8) is 0 Å². The van der Waals surface area contributed by atoms with Crippen LogP contribution in [0.4, 0.5) is 15.8 Å². The third kappa shape index (κ3) is 4.79. The number of carbonyl (C=O) groups excluding carboxylic acids is 1. The molecule has 128 valence electrons. The molecule has 0 aliphatic rings. The molecule has 0 radical (unpaired) electrons. The van der Waals surface area contributed by atoms with Crippen molar-refractivity contribution in [2.75, 3.05) is 15.8 Å². The van der Waals surface area contributed by atoms with E-state index in [9.17, 15) is 17.6 Å². The molecule has 1 amide bonds.